The molecule has 1 aliphatic heterocycles. The summed E-state index contributed by atoms with van der Waals surface area (Å²) in [5, 5.41) is 8.48. The third-order valence-corrected chi connectivity index (χ3v) is 3.71. The van der Waals surface area contributed by atoms with E-state index in [1.165, 1.54) is 5.56 Å². The fraction of sp³-hybridized carbons (Fsp3) is 0.400. The Labute approximate surface area is 123 Å². The van der Waals surface area contributed by atoms with Crippen LogP contribution in [0.15, 0.2) is 36.7 Å². The van der Waals surface area contributed by atoms with E-state index in [1.807, 2.05) is 41.3 Å². The monoisotopic (exact) mass is 291 g/mol. The van der Waals surface area contributed by atoms with Gasteiger partial charge in [-0.05, 0) is 30.5 Å². The number of aromatic nitrogens is 2. The topological polar surface area (TPSA) is 39.1 Å². The summed E-state index contributed by atoms with van der Waals surface area (Å²) in [7, 11) is 0. The average Bonchev–Trinajstić information content (AvgIpc) is 3.11. The molecule has 1 aliphatic rings. The highest BCUT2D eigenvalue weighted by Crippen LogP contribution is 2.15. The predicted octanol–water partition coefficient (Wildman–Crippen LogP) is 3.33. The number of nitrogens with one attached hydrogen (secondary N) is 1. The normalized spacial score (nSPS) is 18.4. The van der Waals surface area contributed by atoms with E-state index < -0.39 is 0 Å². The first-order valence-corrected chi connectivity index (χ1v) is 7.30. The lowest BCUT2D eigenvalue weighted by molar-refractivity contribution is 0.0940. The molecule has 2 heterocycles. The Hall–Kier alpha value is -1.52. The summed E-state index contributed by atoms with van der Waals surface area (Å²) in [4.78, 5) is 0. The van der Waals surface area contributed by atoms with Crippen LogP contribution in [0, 0.1) is 0 Å². The molecule has 4 nitrogen and oxygen atoms in total. The second-order valence-corrected chi connectivity index (χ2v) is 5.50. The maximum atomic E-state index is 5.87. The SMILES string of the molecule is Clc1ccc(CNc2cnn(CC3CCCO3)c2)cc1. The minimum absolute atomic E-state index is 0.319. The van der Waals surface area contributed by atoms with Crippen LogP contribution in [0.5, 0.6) is 0 Å². The van der Waals surface area contributed by atoms with Gasteiger partial charge in [-0.25, -0.2) is 0 Å². The maximum absolute atomic E-state index is 5.87. The molecule has 1 aromatic heterocycles. The van der Waals surface area contributed by atoms with Crippen molar-refractivity contribution in [2.24, 2.45) is 0 Å². The van der Waals surface area contributed by atoms with E-state index in [1.54, 1.807) is 0 Å². The predicted molar refractivity (Wildman–Crippen MR) is 80.0 cm³/mol. The lowest BCUT2D eigenvalue weighted by Crippen LogP contribution is -2.15. The molecule has 0 radical (unpaired) electrons. The van der Waals surface area contributed by atoms with Crippen molar-refractivity contribution in [3.8, 4) is 0 Å². The fourth-order valence-corrected chi connectivity index (χ4v) is 2.48. The quantitative estimate of drug-likeness (QED) is 0.918. The smallest absolute Gasteiger partial charge is 0.0771 e. The van der Waals surface area contributed by atoms with Crippen LogP contribution < -0.4 is 5.32 Å². The van der Waals surface area contributed by atoms with Gasteiger partial charge in [-0.2, -0.15) is 5.10 Å². The Morgan fingerprint density at radius 1 is 1.35 bits per heavy atom. The third kappa shape index (κ3) is 3.52. The fourth-order valence-electron chi connectivity index (χ4n) is 2.36. The second-order valence-electron chi connectivity index (χ2n) is 5.07. The summed E-state index contributed by atoms with van der Waals surface area (Å²) in [6.45, 7) is 2.49. The van der Waals surface area contributed by atoms with Crippen molar-refractivity contribution in [1.82, 2.24) is 9.78 Å². The van der Waals surface area contributed by atoms with Gasteiger partial charge in [0.05, 0.1) is 24.5 Å². The summed E-state index contributed by atoms with van der Waals surface area (Å²) in [5.74, 6) is 0. The molecule has 1 atom stereocenters. The van der Waals surface area contributed by atoms with Gasteiger partial charge in [0, 0.05) is 24.4 Å². The van der Waals surface area contributed by atoms with Crippen LogP contribution in [0.4, 0.5) is 5.69 Å². The highest BCUT2D eigenvalue weighted by molar-refractivity contribution is 6.30. The number of hydrogen-bond donors (Lipinski definition) is 1. The molecule has 1 unspecified atom stereocenters. The highest BCUT2D eigenvalue weighted by Gasteiger charge is 2.16. The van der Waals surface area contributed by atoms with Crippen molar-refractivity contribution < 1.29 is 4.74 Å². The summed E-state index contributed by atoms with van der Waals surface area (Å²) < 4.78 is 7.56. The standard InChI is InChI=1S/C15H18ClN3O/c16-13-5-3-12(4-6-13)8-17-14-9-18-19(10-14)11-15-2-1-7-20-15/h3-6,9-10,15,17H,1-2,7-8,11H2. The minimum Gasteiger partial charge on any atom is -0.378 e. The summed E-state index contributed by atoms with van der Waals surface area (Å²) in [6.07, 6.45) is 6.49. The van der Waals surface area contributed by atoms with E-state index >= 15 is 0 Å². The summed E-state index contributed by atoms with van der Waals surface area (Å²) in [6, 6.07) is 7.84. The van der Waals surface area contributed by atoms with Crippen molar-refractivity contribution >= 4 is 17.3 Å². The van der Waals surface area contributed by atoms with Gasteiger partial charge in [0.2, 0.25) is 0 Å². The Bertz CT molecular complexity index is 547. The molecule has 5 heteroatoms. The number of ether oxygens (including phenoxy) is 1. The number of nitrogens with zero attached hydrogens (tertiary/aromatic N) is 2. The van der Waals surface area contributed by atoms with Gasteiger partial charge in [-0.3, -0.25) is 4.68 Å². The van der Waals surface area contributed by atoms with E-state index in [0.29, 0.717) is 6.10 Å². The van der Waals surface area contributed by atoms with Gasteiger partial charge in [-0.1, -0.05) is 23.7 Å². The molecule has 0 spiro atoms. The second kappa shape index (κ2) is 6.29. The zero-order valence-corrected chi connectivity index (χ0v) is 12.0. The van der Waals surface area contributed by atoms with E-state index in [0.717, 1.165) is 43.2 Å². The van der Waals surface area contributed by atoms with Crippen LogP contribution in [-0.2, 0) is 17.8 Å². The summed E-state index contributed by atoms with van der Waals surface area (Å²) >= 11 is 5.87. The molecule has 3 rings (SSSR count). The van der Waals surface area contributed by atoms with Crippen molar-refractivity contribution in [2.45, 2.75) is 32.0 Å². The molecule has 1 aromatic carbocycles. The molecule has 20 heavy (non-hydrogen) atoms. The van der Waals surface area contributed by atoms with Gasteiger partial charge in [0.25, 0.3) is 0 Å². The maximum Gasteiger partial charge on any atom is 0.0771 e. The Balaban J connectivity index is 1.52. The highest BCUT2D eigenvalue weighted by atomic mass is 35.5. The van der Waals surface area contributed by atoms with Crippen molar-refractivity contribution in [1.29, 1.82) is 0 Å². The molecule has 2 aromatic rings. The lowest BCUT2D eigenvalue weighted by atomic mass is 10.2. The number of benzene rings is 1. The molecule has 0 aliphatic carbocycles. The van der Waals surface area contributed by atoms with Crippen LogP contribution in [-0.4, -0.2) is 22.5 Å². The van der Waals surface area contributed by atoms with Crippen LogP contribution in [0.1, 0.15) is 18.4 Å². The van der Waals surface area contributed by atoms with E-state index in [-0.39, 0.29) is 0 Å². The Morgan fingerprint density at radius 2 is 2.20 bits per heavy atom. The van der Waals surface area contributed by atoms with Crippen molar-refractivity contribution in [3.63, 3.8) is 0 Å². The Kier molecular flexibility index (Phi) is 4.23. The van der Waals surface area contributed by atoms with Gasteiger partial charge in [-0.15, -0.1) is 0 Å². The van der Waals surface area contributed by atoms with Gasteiger partial charge in [0.1, 0.15) is 0 Å². The van der Waals surface area contributed by atoms with Crippen LogP contribution in [0.3, 0.4) is 0 Å². The lowest BCUT2D eigenvalue weighted by Gasteiger charge is -2.08. The van der Waals surface area contributed by atoms with Crippen LogP contribution >= 0.6 is 11.6 Å². The molecule has 106 valence electrons. The van der Waals surface area contributed by atoms with E-state index in [2.05, 4.69) is 10.4 Å². The number of halogens is 1. The van der Waals surface area contributed by atoms with E-state index in [4.69, 9.17) is 16.3 Å². The van der Waals surface area contributed by atoms with Crippen LogP contribution in [0.25, 0.3) is 0 Å². The molecule has 1 saturated heterocycles. The van der Waals surface area contributed by atoms with Gasteiger partial charge in [0.15, 0.2) is 0 Å². The molecular formula is C15H18ClN3O. The molecule has 0 saturated carbocycles. The summed E-state index contributed by atoms with van der Waals surface area (Å²) in [5.41, 5.74) is 2.22. The molecule has 1 N–H and O–H groups in total. The molecule has 0 bridgehead atoms. The van der Waals surface area contributed by atoms with E-state index in [9.17, 15) is 0 Å². The molecule has 1 fully saturated rings. The van der Waals surface area contributed by atoms with Crippen molar-refractivity contribution in [2.75, 3.05) is 11.9 Å². The Morgan fingerprint density at radius 3 is 2.95 bits per heavy atom. The first kappa shape index (κ1) is 13.5. The number of anilines is 1. The van der Waals surface area contributed by atoms with Crippen LogP contribution in [0.2, 0.25) is 5.02 Å². The van der Waals surface area contributed by atoms with Gasteiger partial charge < -0.3 is 10.1 Å². The average molecular weight is 292 g/mol. The zero-order valence-electron chi connectivity index (χ0n) is 11.3. The number of hydrogen-bond acceptors (Lipinski definition) is 3. The number of rotatable bonds is 5. The van der Waals surface area contributed by atoms with Gasteiger partial charge >= 0.3 is 0 Å². The molecule has 0 amide bonds. The zero-order chi connectivity index (χ0) is 13.8. The third-order valence-electron chi connectivity index (χ3n) is 3.46. The largest absolute Gasteiger partial charge is 0.378 e. The minimum atomic E-state index is 0.319. The first-order chi connectivity index (χ1) is 9.79. The molecular weight excluding hydrogens is 274 g/mol. The first-order valence-electron chi connectivity index (χ1n) is 6.92. The van der Waals surface area contributed by atoms with Crippen molar-refractivity contribution in [3.05, 3.63) is 47.2 Å².